The first kappa shape index (κ1) is 15.2. The van der Waals surface area contributed by atoms with Crippen LogP contribution in [0.2, 0.25) is 0 Å². The lowest BCUT2D eigenvalue weighted by molar-refractivity contribution is 0.0182. The van der Waals surface area contributed by atoms with Crippen molar-refractivity contribution in [3.05, 3.63) is 0 Å². The third-order valence-electron chi connectivity index (χ3n) is 1.85. The Morgan fingerprint density at radius 3 is 2.25 bits per heavy atom. The molecule has 0 aliphatic carbocycles. The van der Waals surface area contributed by atoms with Gasteiger partial charge in [-0.05, 0) is 34.1 Å². The number of nitrogens with zero attached hydrogens (tertiary/aromatic N) is 1. The second kappa shape index (κ2) is 7.49. The van der Waals surface area contributed by atoms with E-state index in [1.807, 2.05) is 34.6 Å². The van der Waals surface area contributed by atoms with E-state index in [4.69, 9.17) is 9.47 Å². The van der Waals surface area contributed by atoms with Gasteiger partial charge in [0.25, 0.3) is 0 Å². The standard InChI is InChI=1S/C12H25NO3/c1-6-8-13(9-10-15-7-2)11(14)16-12(3,4)5/h6-10H2,1-5H3. The predicted octanol–water partition coefficient (Wildman–Crippen LogP) is 2.67. The van der Waals surface area contributed by atoms with Gasteiger partial charge in [0.05, 0.1) is 6.61 Å². The number of carbonyl (C=O) groups is 1. The zero-order valence-electron chi connectivity index (χ0n) is 11.2. The van der Waals surface area contributed by atoms with Crippen LogP contribution in [0.5, 0.6) is 0 Å². The first-order chi connectivity index (χ1) is 7.40. The lowest BCUT2D eigenvalue weighted by Crippen LogP contribution is -2.39. The fourth-order valence-corrected chi connectivity index (χ4v) is 1.21. The first-order valence-electron chi connectivity index (χ1n) is 5.96. The van der Waals surface area contributed by atoms with Gasteiger partial charge in [0, 0.05) is 19.7 Å². The van der Waals surface area contributed by atoms with E-state index in [-0.39, 0.29) is 6.09 Å². The molecule has 4 heteroatoms. The highest BCUT2D eigenvalue weighted by molar-refractivity contribution is 5.68. The van der Waals surface area contributed by atoms with E-state index in [0.29, 0.717) is 26.3 Å². The summed E-state index contributed by atoms with van der Waals surface area (Å²) < 4.78 is 10.6. The monoisotopic (exact) mass is 231 g/mol. The second-order valence-corrected chi connectivity index (χ2v) is 4.66. The van der Waals surface area contributed by atoms with E-state index in [9.17, 15) is 4.79 Å². The highest BCUT2D eigenvalue weighted by atomic mass is 16.6. The predicted molar refractivity (Wildman–Crippen MR) is 64.6 cm³/mol. The summed E-state index contributed by atoms with van der Waals surface area (Å²) in [4.78, 5) is 13.5. The molecule has 0 radical (unpaired) electrons. The Labute approximate surface area is 98.9 Å². The van der Waals surface area contributed by atoms with Gasteiger partial charge in [-0.25, -0.2) is 4.79 Å². The highest BCUT2D eigenvalue weighted by Crippen LogP contribution is 2.10. The maximum Gasteiger partial charge on any atom is 0.410 e. The molecule has 0 saturated carbocycles. The van der Waals surface area contributed by atoms with Crippen molar-refractivity contribution in [2.75, 3.05) is 26.3 Å². The van der Waals surface area contributed by atoms with Crippen molar-refractivity contribution in [1.29, 1.82) is 0 Å². The Kier molecular flexibility index (Phi) is 7.13. The average molecular weight is 231 g/mol. The lowest BCUT2D eigenvalue weighted by atomic mass is 10.2. The lowest BCUT2D eigenvalue weighted by Gasteiger charge is -2.27. The molecule has 0 aliphatic heterocycles. The second-order valence-electron chi connectivity index (χ2n) is 4.66. The Hall–Kier alpha value is -0.770. The molecular weight excluding hydrogens is 206 g/mol. The van der Waals surface area contributed by atoms with E-state index < -0.39 is 5.60 Å². The van der Waals surface area contributed by atoms with E-state index >= 15 is 0 Å². The summed E-state index contributed by atoms with van der Waals surface area (Å²) in [6.07, 6.45) is 0.666. The number of ether oxygens (including phenoxy) is 2. The van der Waals surface area contributed by atoms with E-state index in [0.717, 1.165) is 6.42 Å². The SMILES string of the molecule is CCCN(CCOCC)C(=O)OC(C)(C)C. The van der Waals surface area contributed by atoms with Gasteiger partial charge < -0.3 is 14.4 Å². The first-order valence-corrected chi connectivity index (χ1v) is 5.96. The van der Waals surface area contributed by atoms with Crippen LogP contribution in [0.25, 0.3) is 0 Å². The van der Waals surface area contributed by atoms with Gasteiger partial charge in [-0.2, -0.15) is 0 Å². The summed E-state index contributed by atoms with van der Waals surface area (Å²) in [5, 5.41) is 0. The molecule has 0 aliphatic rings. The molecule has 16 heavy (non-hydrogen) atoms. The van der Waals surface area contributed by atoms with Crippen molar-refractivity contribution >= 4 is 6.09 Å². The minimum atomic E-state index is -0.436. The topological polar surface area (TPSA) is 38.8 Å². The maximum atomic E-state index is 11.8. The fraction of sp³-hybridized carbons (Fsp3) is 0.917. The fourth-order valence-electron chi connectivity index (χ4n) is 1.21. The van der Waals surface area contributed by atoms with E-state index in [2.05, 4.69) is 0 Å². The van der Waals surface area contributed by atoms with Gasteiger partial charge in [-0.1, -0.05) is 6.92 Å². The summed E-state index contributed by atoms with van der Waals surface area (Å²) in [7, 11) is 0. The number of hydrogen-bond donors (Lipinski definition) is 0. The number of hydrogen-bond acceptors (Lipinski definition) is 3. The number of carbonyl (C=O) groups excluding carboxylic acids is 1. The minimum absolute atomic E-state index is 0.256. The average Bonchev–Trinajstić information content (AvgIpc) is 2.14. The molecule has 1 amide bonds. The molecule has 0 aromatic rings. The molecule has 0 saturated heterocycles. The van der Waals surface area contributed by atoms with Crippen LogP contribution in [0.4, 0.5) is 4.79 Å². The van der Waals surface area contributed by atoms with Crippen molar-refractivity contribution in [2.24, 2.45) is 0 Å². The summed E-state index contributed by atoms with van der Waals surface area (Å²) in [5.74, 6) is 0. The van der Waals surface area contributed by atoms with Crippen molar-refractivity contribution in [1.82, 2.24) is 4.90 Å². The normalized spacial score (nSPS) is 11.3. The molecule has 96 valence electrons. The molecule has 0 spiro atoms. The van der Waals surface area contributed by atoms with Crippen LogP contribution in [0.15, 0.2) is 0 Å². The Morgan fingerprint density at radius 1 is 1.19 bits per heavy atom. The zero-order valence-corrected chi connectivity index (χ0v) is 11.2. The molecule has 0 heterocycles. The highest BCUT2D eigenvalue weighted by Gasteiger charge is 2.21. The van der Waals surface area contributed by atoms with Gasteiger partial charge in [-0.15, -0.1) is 0 Å². The molecular formula is C12H25NO3. The Morgan fingerprint density at radius 2 is 1.81 bits per heavy atom. The van der Waals surface area contributed by atoms with Crippen LogP contribution in [0.3, 0.4) is 0 Å². The maximum absolute atomic E-state index is 11.8. The largest absolute Gasteiger partial charge is 0.444 e. The van der Waals surface area contributed by atoms with E-state index in [1.165, 1.54) is 0 Å². The molecule has 0 N–H and O–H groups in total. The molecule has 0 atom stereocenters. The Bertz CT molecular complexity index is 199. The number of rotatable bonds is 6. The van der Waals surface area contributed by atoms with Crippen LogP contribution in [0, 0.1) is 0 Å². The van der Waals surface area contributed by atoms with Crippen LogP contribution < -0.4 is 0 Å². The molecule has 0 fully saturated rings. The Balaban J connectivity index is 4.12. The van der Waals surface area contributed by atoms with Crippen LogP contribution >= 0.6 is 0 Å². The van der Waals surface area contributed by atoms with E-state index in [1.54, 1.807) is 4.90 Å². The third-order valence-corrected chi connectivity index (χ3v) is 1.85. The molecule has 0 aromatic heterocycles. The molecule has 0 aromatic carbocycles. The smallest absolute Gasteiger partial charge is 0.410 e. The summed E-state index contributed by atoms with van der Waals surface area (Å²) in [6, 6.07) is 0. The third kappa shape index (κ3) is 7.51. The summed E-state index contributed by atoms with van der Waals surface area (Å²) >= 11 is 0. The van der Waals surface area contributed by atoms with Gasteiger partial charge in [0.1, 0.15) is 5.60 Å². The molecule has 0 rings (SSSR count). The van der Waals surface area contributed by atoms with Crippen LogP contribution in [0.1, 0.15) is 41.0 Å². The summed E-state index contributed by atoms with van der Waals surface area (Å²) in [6.45, 7) is 12.1. The molecule has 4 nitrogen and oxygen atoms in total. The van der Waals surface area contributed by atoms with Crippen molar-refractivity contribution in [3.8, 4) is 0 Å². The number of amides is 1. The van der Waals surface area contributed by atoms with Crippen molar-refractivity contribution < 1.29 is 14.3 Å². The molecule has 0 unspecified atom stereocenters. The van der Waals surface area contributed by atoms with Crippen LogP contribution in [-0.4, -0.2) is 42.9 Å². The van der Waals surface area contributed by atoms with Crippen molar-refractivity contribution in [3.63, 3.8) is 0 Å². The van der Waals surface area contributed by atoms with Gasteiger partial charge in [-0.3, -0.25) is 0 Å². The summed E-state index contributed by atoms with van der Waals surface area (Å²) in [5.41, 5.74) is -0.436. The van der Waals surface area contributed by atoms with Gasteiger partial charge in [0.2, 0.25) is 0 Å². The van der Waals surface area contributed by atoms with Gasteiger partial charge in [0.15, 0.2) is 0 Å². The van der Waals surface area contributed by atoms with Crippen molar-refractivity contribution in [2.45, 2.75) is 46.6 Å². The van der Waals surface area contributed by atoms with Gasteiger partial charge >= 0.3 is 6.09 Å². The quantitative estimate of drug-likeness (QED) is 0.660. The molecule has 0 bridgehead atoms. The van der Waals surface area contributed by atoms with Crippen LogP contribution in [-0.2, 0) is 9.47 Å². The minimum Gasteiger partial charge on any atom is -0.444 e. The zero-order chi connectivity index (χ0) is 12.6.